The smallest absolute Gasteiger partial charge is 0.230 e. The summed E-state index contributed by atoms with van der Waals surface area (Å²) in [5, 5.41) is 6.28. The number of carbonyl (C=O) groups is 1. The van der Waals surface area contributed by atoms with E-state index >= 15 is 0 Å². The molecular formula is C11H8ClFN2O2. The van der Waals surface area contributed by atoms with Gasteiger partial charge in [0.25, 0.3) is 0 Å². The van der Waals surface area contributed by atoms with Gasteiger partial charge in [-0.2, -0.15) is 0 Å². The number of benzene rings is 1. The Bertz CT molecular complexity index is 528. The summed E-state index contributed by atoms with van der Waals surface area (Å²) in [5.41, 5.74) is 0.569. The van der Waals surface area contributed by atoms with Crippen molar-refractivity contribution in [1.82, 2.24) is 5.16 Å². The van der Waals surface area contributed by atoms with Gasteiger partial charge in [-0.15, -0.1) is 0 Å². The number of rotatable bonds is 3. The van der Waals surface area contributed by atoms with Crippen molar-refractivity contribution in [1.29, 1.82) is 0 Å². The van der Waals surface area contributed by atoms with Crippen LogP contribution in [-0.4, -0.2) is 11.1 Å². The Balaban J connectivity index is 2.03. The van der Waals surface area contributed by atoms with Crippen LogP contribution in [0.25, 0.3) is 0 Å². The van der Waals surface area contributed by atoms with E-state index in [-0.39, 0.29) is 23.0 Å². The minimum absolute atomic E-state index is 0.0264. The van der Waals surface area contributed by atoms with Crippen molar-refractivity contribution in [3.8, 4) is 0 Å². The van der Waals surface area contributed by atoms with Crippen molar-refractivity contribution in [2.75, 3.05) is 5.32 Å². The molecule has 0 spiro atoms. The van der Waals surface area contributed by atoms with Gasteiger partial charge in [-0.1, -0.05) is 16.8 Å². The van der Waals surface area contributed by atoms with Crippen LogP contribution >= 0.6 is 11.6 Å². The number of hydrogen-bond acceptors (Lipinski definition) is 3. The van der Waals surface area contributed by atoms with Crippen LogP contribution in [0, 0.1) is 5.82 Å². The molecule has 6 heteroatoms. The third-order valence-corrected chi connectivity index (χ3v) is 2.27. The number of hydrogen-bond donors (Lipinski definition) is 1. The summed E-state index contributed by atoms with van der Waals surface area (Å²) in [4.78, 5) is 11.5. The molecule has 0 atom stereocenters. The van der Waals surface area contributed by atoms with E-state index in [0.29, 0.717) is 5.69 Å². The number of anilines is 1. The third kappa shape index (κ3) is 3.04. The first-order valence-corrected chi connectivity index (χ1v) is 5.17. The molecule has 0 aliphatic rings. The van der Waals surface area contributed by atoms with E-state index in [9.17, 15) is 9.18 Å². The van der Waals surface area contributed by atoms with Gasteiger partial charge in [0.15, 0.2) is 0 Å². The van der Waals surface area contributed by atoms with Gasteiger partial charge in [0.2, 0.25) is 5.91 Å². The monoisotopic (exact) mass is 254 g/mol. The molecule has 88 valence electrons. The number of nitrogens with one attached hydrogen (secondary N) is 1. The Labute approximate surface area is 101 Å². The number of amides is 1. The molecule has 1 amide bonds. The van der Waals surface area contributed by atoms with E-state index in [2.05, 4.69) is 15.0 Å². The zero-order valence-electron chi connectivity index (χ0n) is 8.61. The summed E-state index contributed by atoms with van der Waals surface area (Å²) in [7, 11) is 0. The van der Waals surface area contributed by atoms with Gasteiger partial charge in [0.05, 0.1) is 17.8 Å². The highest BCUT2D eigenvalue weighted by Crippen LogP contribution is 2.18. The number of halogens is 2. The van der Waals surface area contributed by atoms with Crippen LogP contribution in [0.4, 0.5) is 10.1 Å². The van der Waals surface area contributed by atoms with Crippen molar-refractivity contribution in [3.05, 3.63) is 47.1 Å². The highest BCUT2D eigenvalue weighted by Gasteiger charge is 2.09. The third-order valence-electron chi connectivity index (χ3n) is 2.04. The van der Waals surface area contributed by atoms with Gasteiger partial charge in [-0.05, 0) is 18.2 Å². The molecule has 0 saturated carbocycles. The Morgan fingerprint density at radius 2 is 2.29 bits per heavy atom. The molecule has 2 aromatic rings. The fraction of sp³-hybridized carbons (Fsp3) is 0.0909. The molecule has 4 nitrogen and oxygen atoms in total. The predicted octanol–water partition coefficient (Wildman–Crippen LogP) is 2.65. The van der Waals surface area contributed by atoms with E-state index < -0.39 is 5.82 Å². The molecule has 0 aliphatic heterocycles. The zero-order valence-corrected chi connectivity index (χ0v) is 9.37. The zero-order chi connectivity index (χ0) is 12.3. The maximum Gasteiger partial charge on any atom is 0.230 e. The molecule has 0 unspecified atom stereocenters. The molecule has 0 saturated heterocycles. The summed E-state index contributed by atoms with van der Waals surface area (Å²) in [6.07, 6.45) is 1.39. The van der Waals surface area contributed by atoms with E-state index in [1.165, 1.54) is 18.4 Å². The second-order valence-electron chi connectivity index (χ2n) is 3.34. The van der Waals surface area contributed by atoms with Crippen LogP contribution in [0.2, 0.25) is 5.02 Å². The van der Waals surface area contributed by atoms with Crippen LogP contribution in [0.15, 0.2) is 35.1 Å². The average Bonchev–Trinajstić information content (AvgIpc) is 2.75. The molecule has 0 aliphatic carbocycles. The lowest BCUT2D eigenvalue weighted by Gasteiger charge is -2.05. The van der Waals surface area contributed by atoms with Crippen molar-refractivity contribution < 1.29 is 13.7 Å². The molecule has 0 bridgehead atoms. The number of carbonyl (C=O) groups excluding carboxylic acids is 1. The molecule has 1 N–H and O–H groups in total. The largest absolute Gasteiger partial charge is 0.364 e. The lowest BCUT2D eigenvalue weighted by atomic mass is 10.2. The summed E-state index contributed by atoms with van der Waals surface area (Å²) in [6.45, 7) is 0. The van der Waals surface area contributed by atoms with Crippen LogP contribution in [-0.2, 0) is 11.2 Å². The van der Waals surface area contributed by atoms with Crippen molar-refractivity contribution in [3.63, 3.8) is 0 Å². The summed E-state index contributed by atoms with van der Waals surface area (Å²) < 4.78 is 17.9. The molecule has 1 heterocycles. The number of nitrogens with zero attached hydrogens (tertiary/aromatic N) is 1. The fourth-order valence-electron chi connectivity index (χ4n) is 1.28. The van der Waals surface area contributed by atoms with Gasteiger partial charge < -0.3 is 9.84 Å². The van der Waals surface area contributed by atoms with Gasteiger partial charge in [-0.3, -0.25) is 4.79 Å². The van der Waals surface area contributed by atoms with Gasteiger partial charge in [-0.25, -0.2) is 4.39 Å². The van der Waals surface area contributed by atoms with Gasteiger partial charge >= 0.3 is 0 Å². The number of aromatic nitrogens is 1. The van der Waals surface area contributed by atoms with Crippen molar-refractivity contribution in [2.24, 2.45) is 0 Å². The predicted molar refractivity (Wildman–Crippen MR) is 60.2 cm³/mol. The Morgan fingerprint density at radius 3 is 2.94 bits per heavy atom. The van der Waals surface area contributed by atoms with Crippen molar-refractivity contribution in [2.45, 2.75) is 6.42 Å². The lowest BCUT2D eigenvalue weighted by molar-refractivity contribution is -0.115. The highest BCUT2D eigenvalue weighted by molar-refractivity contribution is 6.30. The highest BCUT2D eigenvalue weighted by atomic mass is 35.5. The van der Waals surface area contributed by atoms with Crippen LogP contribution in [0.3, 0.4) is 0 Å². The fourth-order valence-corrected chi connectivity index (χ4v) is 1.44. The standard InChI is InChI=1S/C11H8ClFN2O2/c12-7-1-2-10(9(13)5-7)14-11(16)6-8-3-4-17-15-8/h1-5H,6H2,(H,14,16). The van der Waals surface area contributed by atoms with E-state index in [1.807, 2.05) is 0 Å². The second kappa shape index (κ2) is 4.97. The average molecular weight is 255 g/mol. The molecule has 17 heavy (non-hydrogen) atoms. The Morgan fingerprint density at radius 1 is 1.47 bits per heavy atom. The van der Waals surface area contributed by atoms with E-state index in [0.717, 1.165) is 6.07 Å². The minimum Gasteiger partial charge on any atom is -0.364 e. The molecule has 0 fully saturated rings. The molecule has 1 aromatic heterocycles. The second-order valence-corrected chi connectivity index (χ2v) is 3.78. The molecule has 1 aromatic carbocycles. The lowest BCUT2D eigenvalue weighted by Crippen LogP contribution is -2.15. The van der Waals surface area contributed by atoms with E-state index in [4.69, 9.17) is 11.6 Å². The normalized spacial score (nSPS) is 10.2. The van der Waals surface area contributed by atoms with Crippen LogP contribution in [0.1, 0.15) is 5.69 Å². The quantitative estimate of drug-likeness (QED) is 0.916. The van der Waals surface area contributed by atoms with Crippen LogP contribution in [0.5, 0.6) is 0 Å². The van der Waals surface area contributed by atoms with Crippen LogP contribution < -0.4 is 5.32 Å². The molecule has 0 radical (unpaired) electrons. The van der Waals surface area contributed by atoms with Gasteiger partial charge in [0, 0.05) is 11.1 Å². The summed E-state index contributed by atoms with van der Waals surface area (Å²) in [5.74, 6) is -0.953. The molecular weight excluding hydrogens is 247 g/mol. The first kappa shape index (κ1) is 11.6. The summed E-state index contributed by atoms with van der Waals surface area (Å²) >= 11 is 5.59. The maximum absolute atomic E-state index is 13.4. The SMILES string of the molecule is O=C(Cc1ccon1)Nc1ccc(Cl)cc1F. The first-order valence-electron chi connectivity index (χ1n) is 4.79. The Kier molecular flexibility index (Phi) is 3.39. The topological polar surface area (TPSA) is 55.1 Å². The molecule has 2 rings (SSSR count). The first-order chi connectivity index (χ1) is 8.15. The Hall–Kier alpha value is -1.88. The summed E-state index contributed by atoms with van der Waals surface area (Å²) in [6, 6.07) is 5.60. The van der Waals surface area contributed by atoms with E-state index in [1.54, 1.807) is 6.07 Å². The minimum atomic E-state index is -0.578. The van der Waals surface area contributed by atoms with Crippen molar-refractivity contribution >= 4 is 23.2 Å². The van der Waals surface area contributed by atoms with Gasteiger partial charge in [0.1, 0.15) is 12.1 Å². The maximum atomic E-state index is 13.4.